The summed E-state index contributed by atoms with van der Waals surface area (Å²) in [6.45, 7) is 1.90. The summed E-state index contributed by atoms with van der Waals surface area (Å²) in [5, 5.41) is 17.2. The second-order valence-electron chi connectivity index (χ2n) is 9.39. The smallest absolute Gasteiger partial charge is 0.273 e. The molecule has 174 valence electrons. The monoisotopic (exact) mass is 465 g/mol. The first kappa shape index (κ1) is 21.2. The Kier molecular flexibility index (Phi) is 4.45. The van der Waals surface area contributed by atoms with Gasteiger partial charge in [-0.05, 0) is 22.6 Å². The fourth-order valence-electron chi connectivity index (χ4n) is 6.26. The van der Waals surface area contributed by atoms with Crippen molar-refractivity contribution in [2.45, 2.75) is 30.7 Å². The van der Waals surface area contributed by atoms with Gasteiger partial charge in [0.1, 0.15) is 5.41 Å². The number of fused-ring (bicyclic) bond motifs is 1. The molecule has 3 aliphatic carbocycles. The van der Waals surface area contributed by atoms with Crippen molar-refractivity contribution in [2.24, 2.45) is 5.92 Å². The van der Waals surface area contributed by atoms with E-state index in [0.29, 0.717) is 34.5 Å². The van der Waals surface area contributed by atoms with E-state index in [4.69, 9.17) is 5.73 Å². The second-order valence-corrected chi connectivity index (χ2v) is 9.39. The van der Waals surface area contributed by atoms with Gasteiger partial charge >= 0.3 is 0 Å². The standard InChI is InChI=1S/C27H23N5O3/c1-17-16-26(32(34)35)19-11-5-7-13-21(19)27(17,22-14-8-6-12-20(22)26)24(33)31-25(28)29-23(30-31)15-18-9-3-2-4-10-18/h2-14,17H,15-16H2,1H3,(H2,28,29,30). The highest BCUT2D eigenvalue weighted by Gasteiger charge is 2.68. The molecule has 2 bridgehead atoms. The van der Waals surface area contributed by atoms with E-state index >= 15 is 0 Å². The Hall–Kier alpha value is -4.33. The van der Waals surface area contributed by atoms with Gasteiger partial charge in [0.05, 0.1) is 0 Å². The summed E-state index contributed by atoms with van der Waals surface area (Å²) in [7, 11) is 0. The molecule has 0 amide bonds. The molecule has 0 fully saturated rings. The van der Waals surface area contributed by atoms with Crippen LogP contribution >= 0.6 is 0 Å². The van der Waals surface area contributed by atoms with Crippen LogP contribution in [-0.4, -0.2) is 25.6 Å². The van der Waals surface area contributed by atoms with Crippen molar-refractivity contribution in [3.8, 4) is 0 Å². The van der Waals surface area contributed by atoms with Gasteiger partial charge in [-0.2, -0.15) is 9.67 Å². The molecule has 0 aliphatic heterocycles. The molecule has 1 aromatic heterocycles. The summed E-state index contributed by atoms with van der Waals surface area (Å²) in [5.74, 6) is -0.259. The molecule has 3 aromatic carbocycles. The van der Waals surface area contributed by atoms with Crippen LogP contribution in [0.25, 0.3) is 0 Å². The van der Waals surface area contributed by atoms with Crippen molar-refractivity contribution in [3.63, 3.8) is 0 Å². The third kappa shape index (κ3) is 2.65. The van der Waals surface area contributed by atoms with Gasteiger partial charge in [0.25, 0.3) is 11.4 Å². The lowest BCUT2D eigenvalue weighted by molar-refractivity contribution is -0.572. The highest BCUT2D eigenvalue weighted by atomic mass is 16.6. The van der Waals surface area contributed by atoms with Gasteiger partial charge in [0, 0.05) is 28.9 Å². The zero-order chi connectivity index (χ0) is 24.4. The van der Waals surface area contributed by atoms with Crippen LogP contribution in [0.2, 0.25) is 0 Å². The molecule has 4 aromatic rings. The molecule has 0 spiro atoms. The molecule has 0 saturated heterocycles. The van der Waals surface area contributed by atoms with Gasteiger partial charge in [-0.1, -0.05) is 85.8 Å². The summed E-state index contributed by atoms with van der Waals surface area (Å²) < 4.78 is 1.19. The van der Waals surface area contributed by atoms with E-state index < -0.39 is 11.0 Å². The number of carbonyl (C=O) groups is 1. The number of nitro groups is 1. The first-order valence-electron chi connectivity index (χ1n) is 11.5. The Balaban J connectivity index is 1.57. The summed E-state index contributed by atoms with van der Waals surface area (Å²) >= 11 is 0. The van der Waals surface area contributed by atoms with E-state index in [-0.39, 0.29) is 29.1 Å². The minimum absolute atomic E-state index is 0.00848. The number of anilines is 1. The van der Waals surface area contributed by atoms with Gasteiger partial charge < -0.3 is 5.73 Å². The highest BCUT2D eigenvalue weighted by Crippen LogP contribution is 2.62. The topological polar surface area (TPSA) is 117 Å². The van der Waals surface area contributed by atoms with Crippen LogP contribution in [0.15, 0.2) is 78.9 Å². The van der Waals surface area contributed by atoms with Gasteiger partial charge in [0.15, 0.2) is 5.82 Å². The Morgan fingerprint density at radius 1 is 1.00 bits per heavy atom. The molecule has 8 heteroatoms. The average molecular weight is 466 g/mol. The normalized spacial score (nSPS) is 24.0. The van der Waals surface area contributed by atoms with Crippen LogP contribution in [0.5, 0.6) is 0 Å². The maximum Gasteiger partial charge on any atom is 0.273 e. The molecule has 1 unspecified atom stereocenters. The lowest BCUT2D eigenvalue weighted by atomic mass is 9.48. The first-order valence-corrected chi connectivity index (χ1v) is 11.5. The third-order valence-corrected chi connectivity index (χ3v) is 7.66. The van der Waals surface area contributed by atoms with Crippen LogP contribution in [0.4, 0.5) is 5.95 Å². The number of aromatic nitrogens is 3. The van der Waals surface area contributed by atoms with Gasteiger partial charge in [-0.15, -0.1) is 5.10 Å². The fourth-order valence-corrected chi connectivity index (χ4v) is 6.26. The number of hydrogen-bond donors (Lipinski definition) is 1. The van der Waals surface area contributed by atoms with Crippen LogP contribution in [0, 0.1) is 16.0 Å². The molecular weight excluding hydrogens is 442 g/mol. The van der Waals surface area contributed by atoms with E-state index in [2.05, 4.69) is 10.1 Å². The van der Waals surface area contributed by atoms with Crippen LogP contribution in [0.3, 0.4) is 0 Å². The zero-order valence-electron chi connectivity index (χ0n) is 19.1. The number of nitrogen functional groups attached to an aromatic ring is 1. The Morgan fingerprint density at radius 2 is 1.54 bits per heavy atom. The summed E-state index contributed by atoms with van der Waals surface area (Å²) in [6.07, 6.45) is 0.636. The van der Waals surface area contributed by atoms with Crippen molar-refractivity contribution < 1.29 is 9.72 Å². The van der Waals surface area contributed by atoms with Crippen molar-refractivity contribution in [1.29, 1.82) is 0 Å². The predicted octanol–water partition coefficient (Wildman–Crippen LogP) is 3.95. The highest BCUT2D eigenvalue weighted by molar-refractivity contribution is 5.97. The predicted molar refractivity (Wildman–Crippen MR) is 130 cm³/mol. The molecule has 1 atom stereocenters. The number of hydrogen-bond acceptors (Lipinski definition) is 6. The number of nitrogens with zero attached hydrogens (tertiary/aromatic N) is 4. The number of nitrogens with two attached hydrogens (primary N) is 1. The largest absolute Gasteiger partial charge is 0.368 e. The van der Waals surface area contributed by atoms with Crippen molar-refractivity contribution in [2.75, 3.05) is 5.73 Å². The van der Waals surface area contributed by atoms with Crippen LogP contribution < -0.4 is 5.73 Å². The van der Waals surface area contributed by atoms with E-state index in [9.17, 15) is 14.9 Å². The van der Waals surface area contributed by atoms with Crippen molar-refractivity contribution in [1.82, 2.24) is 14.8 Å². The molecular formula is C27H23N5O3. The van der Waals surface area contributed by atoms with Gasteiger partial charge in [0.2, 0.25) is 5.95 Å². The number of benzene rings is 3. The maximum absolute atomic E-state index is 14.5. The quantitative estimate of drug-likeness (QED) is 0.360. The van der Waals surface area contributed by atoms with Crippen molar-refractivity contribution >= 4 is 11.9 Å². The molecule has 35 heavy (non-hydrogen) atoms. The molecule has 2 N–H and O–H groups in total. The molecule has 0 radical (unpaired) electrons. The van der Waals surface area contributed by atoms with E-state index in [1.54, 1.807) is 24.3 Å². The lowest BCUT2D eigenvalue weighted by Gasteiger charge is -2.53. The molecule has 1 heterocycles. The average Bonchev–Trinajstić information content (AvgIpc) is 3.24. The molecule has 8 nitrogen and oxygen atoms in total. The SMILES string of the molecule is CC1CC2([N+](=O)[O-])c3ccccc3C1(C(=O)n1nc(Cc3ccccc3)nc1N)c1ccccc12. The molecule has 7 rings (SSSR count). The minimum atomic E-state index is -1.40. The van der Waals surface area contributed by atoms with E-state index in [0.717, 1.165) is 5.56 Å². The van der Waals surface area contributed by atoms with E-state index in [1.807, 2.05) is 61.5 Å². The Bertz CT molecular complexity index is 1450. The summed E-state index contributed by atoms with van der Waals surface area (Å²) in [5.41, 5.74) is 7.07. The molecule has 3 aliphatic rings. The minimum Gasteiger partial charge on any atom is -0.368 e. The fraction of sp³-hybridized carbons (Fsp3) is 0.222. The second kappa shape index (κ2) is 7.33. The van der Waals surface area contributed by atoms with E-state index in [1.165, 1.54) is 4.68 Å². The van der Waals surface area contributed by atoms with Crippen LogP contribution in [0.1, 0.15) is 51.8 Å². The summed E-state index contributed by atoms with van der Waals surface area (Å²) in [4.78, 5) is 31.3. The first-order chi connectivity index (χ1) is 16.9. The third-order valence-electron chi connectivity index (χ3n) is 7.66. The maximum atomic E-state index is 14.5. The summed E-state index contributed by atoms with van der Waals surface area (Å²) in [6, 6.07) is 24.1. The Morgan fingerprint density at radius 3 is 2.11 bits per heavy atom. The zero-order valence-corrected chi connectivity index (χ0v) is 19.1. The van der Waals surface area contributed by atoms with Gasteiger partial charge in [-0.25, -0.2) is 0 Å². The lowest BCUT2D eigenvalue weighted by Crippen LogP contribution is -2.61. The number of carbonyl (C=O) groups excluding carboxylic acids is 1. The van der Waals surface area contributed by atoms with Gasteiger partial charge in [-0.3, -0.25) is 14.9 Å². The number of rotatable bonds is 4. The van der Waals surface area contributed by atoms with Crippen molar-refractivity contribution in [3.05, 3.63) is 123 Å². The van der Waals surface area contributed by atoms with Crippen LogP contribution in [-0.2, 0) is 17.4 Å². The molecule has 0 saturated carbocycles. The Labute approximate surface area is 201 Å².